The van der Waals surface area contributed by atoms with Gasteiger partial charge in [0.2, 0.25) is 0 Å². The molecular formula is C10H10N2O. The van der Waals surface area contributed by atoms with Gasteiger partial charge in [0.25, 0.3) is 5.56 Å². The summed E-state index contributed by atoms with van der Waals surface area (Å²) in [7, 11) is 1.74. The molecule has 3 heteroatoms. The molecule has 3 rings (SSSR count). The van der Waals surface area contributed by atoms with Gasteiger partial charge in [-0.3, -0.25) is 4.79 Å². The van der Waals surface area contributed by atoms with Gasteiger partial charge in [-0.1, -0.05) is 12.2 Å². The van der Waals surface area contributed by atoms with Crippen LogP contribution in [-0.2, 0) is 7.05 Å². The van der Waals surface area contributed by atoms with Gasteiger partial charge in [-0.2, -0.15) is 0 Å². The standard InChI is InChI=1S/C10H10N2O/c1-12-5-11-9-4-7-2-6(7)3-8(9)10(12)13/h3-7H,2H2,1H3. The predicted molar refractivity (Wildman–Crippen MR) is 49.3 cm³/mol. The maximum absolute atomic E-state index is 11.6. The molecule has 0 amide bonds. The Balaban J connectivity index is 2.50. The van der Waals surface area contributed by atoms with Crippen LogP contribution in [0.15, 0.2) is 11.1 Å². The molecule has 0 aromatic carbocycles. The zero-order valence-corrected chi connectivity index (χ0v) is 7.40. The Kier molecular flexibility index (Phi) is 1.14. The summed E-state index contributed by atoms with van der Waals surface area (Å²) in [4.78, 5) is 15.9. The van der Waals surface area contributed by atoms with Crippen molar-refractivity contribution in [3.63, 3.8) is 0 Å². The van der Waals surface area contributed by atoms with E-state index >= 15 is 0 Å². The quantitative estimate of drug-likeness (QED) is 0.505. The van der Waals surface area contributed by atoms with Gasteiger partial charge < -0.3 is 4.57 Å². The van der Waals surface area contributed by atoms with Crippen LogP contribution >= 0.6 is 0 Å². The topological polar surface area (TPSA) is 34.9 Å². The number of aryl methyl sites for hydroxylation is 1. The zero-order valence-electron chi connectivity index (χ0n) is 7.40. The van der Waals surface area contributed by atoms with Crippen LogP contribution in [0, 0.1) is 11.8 Å². The van der Waals surface area contributed by atoms with E-state index in [1.807, 2.05) is 0 Å². The van der Waals surface area contributed by atoms with Crippen molar-refractivity contribution < 1.29 is 0 Å². The highest BCUT2D eigenvalue weighted by atomic mass is 16.1. The first-order valence-corrected chi connectivity index (χ1v) is 4.51. The van der Waals surface area contributed by atoms with Gasteiger partial charge in [-0.05, 0) is 18.3 Å². The van der Waals surface area contributed by atoms with Gasteiger partial charge >= 0.3 is 0 Å². The van der Waals surface area contributed by atoms with E-state index in [4.69, 9.17) is 0 Å². The van der Waals surface area contributed by atoms with Crippen molar-refractivity contribution in [2.24, 2.45) is 18.9 Å². The lowest BCUT2D eigenvalue weighted by Gasteiger charge is -1.99. The lowest BCUT2D eigenvalue weighted by molar-refractivity contribution is 0.797. The van der Waals surface area contributed by atoms with Gasteiger partial charge in [-0.25, -0.2) is 4.98 Å². The van der Waals surface area contributed by atoms with Crippen LogP contribution in [-0.4, -0.2) is 9.55 Å². The van der Waals surface area contributed by atoms with E-state index in [0.717, 1.165) is 10.6 Å². The normalized spacial score (nSPS) is 28.1. The predicted octanol–water partition coefficient (Wildman–Crippen LogP) is -1.01. The van der Waals surface area contributed by atoms with Crippen LogP contribution in [0.2, 0.25) is 0 Å². The Morgan fingerprint density at radius 1 is 1.46 bits per heavy atom. The van der Waals surface area contributed by atoms with E-state index < -0.39 is 0 Å². The van der Waals surface area contributed by atoms with Crippen molar-refractivity contribution in [2.75, 3.05) is 0 Å². The summed E-state index contributed by atoms with van der Waals surface area (Å²) < 4.78 is 1.53. The van der Waals surface area contributed by atoms with Gasteiger partial charge in [-0.15, -0.1) is 0 Å². The van der Waals surface area contributed by atoms with Crippen molar-refractivity contribution in [1.82, 2.24) is 9.55 Å². The lowest BCUT2D eigenvalue weighted by Crippen LogP contribution is -2.46. The summed E-state index contributed by atoms with van der Waals surface area (Å²) in [5.74, 6) is 1.27. The first-order valence-electron chi connectivity index (χ1n) is 4.51. The van der Waals surface area contributed by atoms with E-state index in [2.05, 4.69) is 17.1 Å². The van der Waals surface area contributed by atoms with E-state index in [-0.39, 0.29) is 5.56 Å². The Morgan fingerprint density at radius 3 is 3.08 bits per heavy atom. The molecule has 0 aliphatic heterocycles. The largest absolute Gasteiger partial charge is 0.302 e. The molecule has 1 heterocycles. The fraction of sp³-hybridized carbons (Fsp3) is 0.400. The lowest BCUT2D eigenvalue weighted by atomic mass is 10.2. The van der Waals surface area contributed by atoms with E-state index in [1.54, 1.807) is 13.4 Å². The molecule has 1 fully saturated rings. The molecule has 66 valence electrons. The second-order valence-corrected chi connectivity index (χ2v) is 3.86. The summed E-state index contributed by atoms with van der Waals surface area (Å²) in [5, 5.41) is 1.67. The summed E-state index contributed by atoms with van der Waals surface area (Å²) >= 11 is 0. The fourth-order valence-corrected chi connectivity index (χ4v) is 1.90. The van der Waals surface area contributed by atoms with Crippen LogP contribution < -0.4 is 16.1 Å². The molecule has 0 spiro atoms. The highest BCUT2D eigenvalue weighted by molar-refractivity contribution is 5.47. The second kappa shape index (κ2) is 2.10. The van der Waals surface area contributed by atoms with Crippen molar-refractivity contribution >= 4 is 12.2 Å². The van der Waals surface area contributed by atoms with Crippen LogP contribution in [0.3, 0.4) is 0 Å². The molecule has 0 saturated heterocycles. The molecule has 2 atom stereocenters. The van der Waals surface area contributed by atoms with E-state index in [1.165, 1.54) is 11.0 Å². The van der Waals surface area contributed by atoms with Crippen LogP contribution in [0.5, 0.6) is 0 Å². The zero-order chi connectivity index (χ0) is 9.00. The summed E-state index contributed by atoms with van der Waals surface area (Å²) in [6.07, 6.45) is 6.99. The smallest absolute Gasteiger partial charge is 0.260 e. The van der Waals surface area contributed by atoms with Crippen molar-refractivity contribution in [3.05, 3.63) is 27.2 Å². The highest BCUT2D eigenvalue weighted by Crippen LogP contribution is 2.41. The average molecular weight is 174 g/mol. The SMILES string of the molecule is Cn1cnc2c(c1=O)=CC1CC1C=2. The molecule has 3 nitrogen and oxygen atoms in total. The van der Waals surface area contributed by atoms with E-state index in [0.29, 0.717) is 11.8 Å². The number of hydrogen-bond donors (Lipinski definition) is 0. The van der Waals surface area contributed by atoms with Crippen LogP contribution in [0.25, 0.3) is 12.2 Å². The molecule has 1 aromatic heterocycles. The molecule has 2 unspecified atom stereocenters. The highest BCUT2D eigenvalue weighted by Gasteiger charge is 2.35. The Morgan fingerprint density at radius 2 is 2.23 bits per heavy atom. The number of rotatable bonds is 0. The average Bonchev–Trinajstić information content (AvgIpc) is 2.87. The Bertz CT molecular complexity index is 541. The molecule has 2 aliphatic rings. The molecule has 13 heavy (non-hydrogen) atoms. The minimum atomic E-state index is 0.0756. The molecule has 1 aromatic rings. The molecule has 0 bridgehead atoms. The second-order valence-electron chi connectivity index (χ2n) is 3.86. The first kappa shape index (κ1) is 7.06. The van der Waals surface area contributed by atoms with Crippen molar-refractivity contribution in [2.45, 2.75) is 6.42 Å². The third-order valence-corrected chi connectivity index (χ3v) is 2.84. The molecule has 2 aliphatic carbocycles. The number of fused-ring (bicyclic) bond motifs is 2. The van der Waals surface area contributed by atoms with Gasteiger partial charge in [0, 0.05) is 7.05 Å². The molecule has 0 radical (unpaired) electrons. The van der Waals surface area contributed by atoms with Crippen molar-refractivity contribution in [3.8, 4) is 0 Å². The minimum absolute atomic E-state index is 0.0756. The fourth-order valence-electron chi connectivity index (χ4n) is 1.90. The van der Waals surface area contributed by atoms with Gasteiger partial charge in [0.05, 0.1) is 16.9 Å². The van der Waals surface area contributed by atoms with E-state index in [9.17, 15) is 4.79 Å². The number of hydrogen-bond acceptors (Lipinski definition) is 2. The van der Waals surface area contributed by atoms with Crippen molar-refractivity contribution in [1.29, 1.82) is 0 Å². The molecule has 1 saturated carbocycles. The van der Waals surface area contributed by atoms with Crippen LogP contribution in [0.1, 0.15) is 6.42 Å². The summed E-state index contributed by atoms with van der Waals surface area (Å²) in [6.45, 7) is 0. The first-order chi connectivity index (χ1) is 6.25. The Hall–Kier alpha value is -1.38. The molecular weight excluding hydrogens is 164 g/mol. The number of aromatic nitrogens is 2. The maximum atomic E-state index is 11.6. The van der Waals surface area contributed by atoms with Gasteiger partial charge in [0.1, 0.15) is 0 Å². The maximum Gasteiger partial charge on any atom is 0.260 e. The van der Waals surface area contributed by atoms with Crippen LogP contribution in [0.4, 0.5) is 0 Å². The Labute approximate surface area is 75.0 Å². The third kappa shape index (κ3) is 0.899. The molecule has 0 N–H and O–H groups in total. The number of nitrogens with zero attached hydrogens (tertiary/aromatic N) is 2. The third-order valence-electron chi connectivity index (χ3n) is 2.84. The summed E-state index contributed by atoms with van der Waals surface area (Å²) in [6, 6.07) is 0. The monoisotopic (exact) mass is 174 g/mol. The minimum Gasteiger partial charge on any atom is -0.302 e. The summed E-state index contributed by atoms with van der Waals surface area (Å²) in [5.41, 5.74) is 0.0756. The van der Waals surface area contributed by atoms with Gasteiger partial charge in [0.15, 0.2) is 0 Å².